The summed E-state index contributed by atoms with van der Waals surface area (Å²) in [5.74, 6) is 0.597. The normalized spacial score (nSPS) is 18.0. The maximum atomic E-state index is 13.6. The number of methoxy groups -OCH3 is 1. The van der Waals surface area contributed by atoms with Crippen LogP contribution in [0.15, 0.2) is 12.1 Å². The fourth-order valence-electron chi connectivity index (χ4n) is 2.65. The third-order valence-corrected chi connectivity index (χ3v) is 3.81. The molecule has 2 nitrogen and oxygen atoms in total. The number of nitrogens with two attached hydrogens (primary N) is 1. The van der Waals surface area contributed by atoms with Crippen LogP contribution >= 0.6 is 0 Å². The number of benzene rings is 1. The fraction of sp³-hybridized carbons (Fsp3) is 0.538. The van der Waals surface area contributed by atoms with E-state index >= 15 is 0 Å². The average molecular weight is 223 g/mol. The molecule has 0 saturated heterocycles. The van der Waals surface area contributed by atoms with Crippen LogP contribution in [0.4, 0.5) is 4.39 Å². The first-order valence-electron chi connectivity index (χ1n) is 5.68. The zero-order valence-electron chi connectivity index (χ0n) is 9.85. The Hall–Kier alpha value is -1.09. The monoisotopic (exact) mass is 223 g/mol. The van der Waals surface area contributed by atoms with Gasteiger partial charge in [0.25, 0.3) is 0 Å². The lowest BCUT2D eigenvalue weighted by Crippen LogP contribution is -2.42. The van der Waals surface area contributed by atoms with E-state index < -0.39 is 0 Å². The van der Waals surface area contributed by atoms with E-state index in [0.29, 0.717) is 12.1 Å². The van der Waals surface area contributed by atoms with Crippen LogP contribution in [0.1, 0.15) is 30.4 Å². The maximum Gasteiger partial charge on any atom is 0.126 e. The van der Waals surface area contributed by atoms with Crippen molar-refractivity contribution in [3.63, 3.8) is 0 Å². The van der Waals surface area contributed by atoms with Crippen LogP contribution in [0.25, 0.3) is 0 Å². The minimum Gasteiger partial charge on any atom is -0.496 e. The molecule has 1 fully saturated rings. The predicted molar refractivity (Wildman–Crippen MR) is 62.3 cm³/mol. The van der Waals surface area contributed by atoms with Gasteiger partial charge in [-0.3, -0.25) is 0 Å². The third-order valence-electron chi connectivity index (χ3n) is 3.81. The Labute approximate surface area is 95.6 Å². The van der Waals surface area contributed by atoms with Crippen LogP contribution in [0.5, 0.6) is 5.75 Å². The van der Waals surface area contributed by atoms with E-state index in [9.17, 15) is 4.39 Å². The van der Waals surface area contributed by atoms with Crippen LogP contribution in [0.2, 0.25) is 0 Å². The van der Waals surface area contributed by atoms with Gasteiger partial charge >= 0.3 is 0 Å². The molecule has 0 atom stereocenters. The van der Waals surface area contributed by atoms with E-state index in [-0.39, 0.29) is 11.2 Å². The summed E-state index contributed by atoms with van der Waals surface area (Å²) in [6.45, 7) is 2.37. The molecule has 16 heavy (non-hydrogen) atoms. The van der Waals surface area contributed by atoms with Gasteiger partial charge in [0.2, 0.25) is 0 Å². The molecule has 1 aliphatic carbocycles. The first-order chi connectivity index (χ1) is 7.64. The zero-order valence-corrected chi connectivity index (χ0v) is 9.85. The molecular formula is C13H18FNO. The van der Waals surface area contributed by atoms with Crippen molar-refractivity contribution < 1.29 is 9.13 Å². The third kappa shape index (κ3) is 1.50. The second-order valence-electron chi connectivity index (χ2n) is 4.59. The van der Waals surface area contributed by atoms with Crippen molar-refractivity contribution in [2.45, 2.75) is 31.6 Å². The minimum absolute atomic E-state index is 0.0580. The lowest BCUT2D eigenvalue weighted by Gasteiger charge is -2.43. The van der Waals surface area contributed by atoms with E-state index in [0.717, 1.165) is 30.6 Å². The van der Waals surface area contributed by atoms with Crippen LogP contribution in [0, 0.1) is 12.7 Å². The van der Waals surface area contributed by atoms with Crippen LogP contribution in [-0.4, -0.2) is 13.7 Å². The molecule has 0 unspecified atom stereocenters. The van der Waals surface area contributed by atoms with Crippen molar-refractivity contribution in [3.8, 4) is 5.75 Å². The molecule has 3 heteroatoms. The molecule has 0 aliphatic heterocycles. The van der Waals surface area contributed by atoms with E-state index in [1.807, 2.05) is 6.92 Å². The number of rotatable bonds is 3. The van der Waals surface area contributed by atoms with Gasteiger partial charge in [-0.1, -0.05) is 6.42 Å². The highest BCUT2D eigenvalue weighted by atomic mass is 19.1. The standard InChI is InChI=1S/C13H18FNO/c1-9-10(14)4-5-11(16-2)12(9)13(8-15)6-3-7-13/h4-5H,3,6-8,15H2,1-2H3. The highest BCUT2D eigenvalue weighted by Crippen LogP contribution is 2.48. The number of hydrogen-bond acceptors (Lipinski definition) is 2. The summed E-state index contributed by atoms with van der Waals surface area (Å²) in [4.78, 5) is 0. The molecule has 1 aliphatic rings. The molecule has 88 valence electrons. The highest BCUT2D eigenvalue weighted by molar-refractivity contribution is 5.47. The lowest BCUT2D eigenvalue weighted by molar-refractivity contribution is 0.241. The average Bonchev–Trinajstić information content (AvgIpc) is 2.23. The van der Waals surface area contributed by atoms with Crippen molar-refractivity contribution in [3.05, 3.63) is 29.1 Å². The molecule has 1 aromatic rings. The quantitative estimate of drug-likeness (QED) is 0.854. The summed E-state index contributed by atoms with van der Waals surface area (Å²) >= 11 is 0. The first-order valence-corrected chi connectivity index (χ1v) is 5.68. The molecule has 0 amide bonds. The Morgan fingerprint density at radius 3 is 2.56 bits per heavy atom. The first kappa shape index (κ1) is 11.4. The van der Waals surface area contributed by atoms with Crippen molar-refractivity contribution in [1.82, 2.24) is 0 Å². The second-order valence-corrected chi connectivity index (χ2v) is 4.59. The number of halogens is 1. The summed E-state index contributed by atoms with van der Waals surface area (Å²) in [6.07, 6.45) is 3.23. The largest absolute Gasteiger partial charge is 0.496 e. The van der Waals surface area contributed by atoms with Crippen LogP contribution in [0.3, 0.4) is 0 Å². The molecule has 1 aromatic carbocycles. The van der Waals surface area contributed by atoms with E-state index in [1.54, 1.807) is 13.2 Å². The smallest absolute Gasteiger partial charge is 0.126 e. The molecule has 0 heterocycles. The van der Waals surface area contributed by atoms with E-state index in [2.05, 4.69) is 0 Å². The highest BCUT2D eigenvalue weighted by Gasteiger charge is 2.41. The molecule has 2 rings (SSSR count). The minimum atomic E-state index is -0.171. The van der Waals surface area contributed by atoms with E-state index in [4.69, 9.17) is 10.5 Å². The van der Waals surface area contributed by atoms with Gasteiger partial charge in [0.15, 0.2) is 0 Å². The molecule has 1 saturated carbocycles. The van der Waals surface area contributed by atoms with Gasteiger partial charge in [-0.15, -0.1) is 0 Å². The van der Waals surface area contributed by atoms with Gasteiger partial charge in [-0.05, 0) is 37.5 Å². The Balaban J connectivity index is 2.56. The van der Waals surface area contributed by atoms with Crippen molar-refractivity contribution >= 4 is 0 Å². The Morgan fingerprint density at radius 2 is 2.12 bits per heavy atom. The SMILES string of the molecule is COc1ccc(F)c(C)c1C1(CN)CCC1. The summed E-state index contributed by atoms with van der Waals surface area (Å²) in [5, 5.41) is 0. The van der Waals surface area contributed by atoms with Crippen molar-refractivity contribution in [2.24, 2.45) is 5.73 Å². The second kappa shape index (κ2) is 4.06. The van der Waals surface area contributed by atoms with E-state index in [1.165, 1.54) is 6.07 Å². The summed E-state index contributed by atoms with van der Waals surface area (Å²) in [7, 11) is 1.62. The molecular weight excluding hydrogens is 205 g/mol. The Bertz CT molecular complexity index is 394. The van der Waals surface area contributed by atoms with Gasteiger partial charge in [0.05, 0.1) is 7.11 Å². The van der Waals surface area contributed by atoms with Crippen LogP contribution < -0.4 is 10.5 Å². The molecule has 0 spiro atoms. The summed E-state index contributed by atoms with van der Waals surface area (Å²) < 4.78 is 19.0. The Kier molecular flexibility index (Phi) is 2.89. The summed E-state index contributed by atoms with van der Waals surface area (Å²) in [5.41, 5.74) is 7.47. The maximum absolute atomic E-state index is 13.6. The topological polar surface area (TPSA) is 35.2 Å². The molecule has 0 aromatic heterocycles. The summed E-state index contributed by atoms with van der Waals surface area (Å²) in [6, 6.07) is 3.16. The molecule has 2 N–H and O–H groups in total. The van der Waals surface area contributed by atoms with Crippen molar-refractivity contribution in [1.29, 1.82) is 0 Å². The van der Waals surface area contributed by atoms with Gasteiger partial charge in [-0.25, -0.2) is 4.39 Å². The fourth-order valence-corrected chi connectivity index (χ4v) is 2.65. The lowest BCUT2D eigenvalue weighted by atomic mass is 9.63. The van der Waals surface area contributed by atoms with Crippen molar-refractivity contribution in [2.75, 3.05) is 13.7 Å². The van der Waals surface area contributed by atoms with Gasteiger partial charge in [0, 0.05) is 17.5 Å². The number of ether oxygens (including phenoxy) is 1. The molecule has 0 bridgehead atoms. The zero-order chi connectivity index (χ0) is 11.8. The predicted octanol–water partition coefficient (Wildman–Crippen LogP) is 2.52. The number of hydrogen-bond donors (Lipinski definition) is 1. The van der Waals surface area contributed by atoms with Crippen LogP contribution in [-0.2, 0) is 5.41 Å². The Morgan fingerprint density at radius 1 is 1.44 bits per heavy atom. The van der Waals surface area contributed by atoms with Gasteiger partial charge in [0.1, 0.15) is 11.6 Å². The van der Waals surface area contributed by atoms with Gasteiger partial charge < -0.3 is 10.5 Å². The molecule has 0 radical (unpaired) electrons. The van der Waals surface area contributed by atoms with Gasteiger partial charge in [-0.2, -0.15) is 0 Å².